The molecule has 0 unspecified atom stereocenters. The van der Waals surface area contributed by atoms with Crippen LogP contribution in [0, 0.1) is 0 Å². The van der Waals surface area contributed by atoms with Crippen LogP contribution in [0.5, 0.6) is 0 Å². The van der Waals surface area contributed by atoms with E-state index >= 15 is 0 Å². The van der Waals surface area contributed by atoms with Gasteiger partial charge in [-0.25, -0.2) is 4.98 Å². The third-order valence-corrected chi connectivity index (χ3v) is 3.01. The van der Waals surface area contributed by atoms with E-state index in [-0.39, 0.29) is 0 Å². The van der Waals surface area contributed by atoms with Crippen molar-refractivity contribution < 1.29 is 0 Å². The van der Waals surface area contributed by atoms with Crippen LogP contribution >= 0.6 is 11.3 Å². The van der Waals surface area contributed by atoms with Gasteiger partial charge in [0.05, 0.1) is 5.01 Å². The van der Waals surface area contributed by atoms with Crippen LogP contribution in [-0.4, -0.2) is 35.7 Å². The normalized spacial score (nSPS) is 17.6. The molecule has 0 spiro atoms. The third kappa shape index (κ3) is 2.91. The molecule has 1 aromatic heterocycles. The Morgan fingerprint density at radius 3 is 2.60 bits per heavy atom. The molecule has 0 N–H and O–H groups in total. The summed E-state index contributed by atoms with van der Waals surface area (Å²) in [5, 5.41) is 3.42. The van der Waals surface area contributed by atoms with Gasteiger partial charge in [-0.15, -0.1) is 11.3 Å². The van der Waals surface area contributed by atoms with Crippen molar-refractivity contribution in [3.8, 4) is 0 Å². The molecule has 0 aromatic carbocycles. The van der Waals surface area contributed by atoms with Gasteiger partial charge in [-0.3, -0.25) is 0 Å². The van der Waals surface area contributed by atoms with E-state index in [0.29, 0.717) is 0 Å². The topological polar surface area (TPSA) is 12.9 Å². The molecule has 1 aromatic rings. The van der Waals surface area contributed by atoms with Gasteiger partial charge in [-0.2, -0.15) is 0 Å². The Bertz CT molecular complexity index is 191. The van der Waals surface area contributed by atoms with E-state index in [2.05, 4.69) is 10.4 Å². The summed E-state index contributed by atoms with van der Waals surface area (Å²) in [5.41, 5.74) is 0. The highest BCUT2D eigenvalue weighted by Crippen LogP contribution is 2.18. The van der Waals surface area contributed by atoms with Gasteiger partial charge >= 0.3 is 0 Å². The van der Waals surface area contributed by atoms with Crippen molar-refractivity contribution in [1.82, 2.24) is 4.98 Å². The van der Waals surface area contributed by atoms with Crippen molar-refractivity contribution in [3.05, 3.63) is 16.6 Å². The SMILES string of the molecule is [SiH3]C([SiH3])([SiH3])Cc1nccs1. The number of hydrogen-bond acceptors (Lipinski definition) is 2. The van der Waals surface area contributed by atoms with Gasteiger partial charge in [0.15, 0.2) is 0 Å². The zero-order valence-electron chi connectivity index (χ0n) is 6.72. The molecule has 0 atom stereocenters. The quantitative estimate of drug-likeness (QED) is 0.500. The van der Waals surface area contributed by atoms with E-state index in [4.69, 9.17) is 0 Å². The molecule has 1 nitrogen and oxygen atoms in total. The molecule has 56 valence electrons. The fourth-order valence-corrected chi connectivity index (χ4v) is 3.48. The highest BCUT2D eigenvalue weighted by molar-refractivity contribution is 7.09. The van der Waals surface area contributed by atoms with E-state index in [1.807, 2.05) is 6.20 Å². The standard InChI is InChI=1S/C5H13NSSi3/c8-5(9,10)3-4-6-1-2-7-4/h1-2H,3H2,8-10H3. The largest absolute Gasteiger partial charge is 0.250 e. The van der Waals surface area contributed by atoms with E-state index < -0.39 is 0 Å². The molecule has 0 bridgehead atoms. The van der Waals surface area contributed by atoms with Crippen LogP contribution in [0.1, 0.15) is 5.01 Å². The number of aromatic nitrogens is 1. The predicted molar refractivity (Wildman–Crippen MR) is 58.3 cm³/mol. The average molecular weight is 203 g/mol. The van der Waals surface area contributed by atoms with Crippen molar-refractivity contribution in [2.24, 2.45) is 0 Å². The molecule has 0 aliphatic carbocycles. The molecule has 0 aliphatic heterocycles. The van der Waals surface area contributed by atoms with Crippen LogP contribution in [-0.2, 0) is 6.42 Å². The highest BCUT2D eigenvalue weighted by Gasteiger charge is 2.12. The summed E-state index contributed by atoms with van der Waals surface area (Å²) < 4.78 is 0.790. The Labute approximate surface area is 74.5 Å². The Morgan fingerprint density at radius 1 is 1.50 bits per heavy atom. The van der Waals surface area contributed by atoms with Gasteiger partial charge in [0.25, 0.3) is 0 Å². The molecule has 0 saturated carbocycles. The van der Waals surface area contributed by atoms with Crippen LogP contribution < -0.4 is 0 Å². The van der Waals surface area contributed by atoms with E-state index in [0.717, 1.165) is 4.28 Å². The first-order valence-electron chi connectivity index (χ1n) is 3.46. The lowest BCUT2D eigenvalue weighted by Crippen LogP contribution is -2.15. The van der Waals surface area contributed by atoms with Gasteiger partial charge in [-0.05, 0) is 6.42 Å². The molecule has 5 heteroatoms. The summed E-state index contributed by atoms with van der Waals surface area (Å²) in [6.07, 6.45) is 3.19. The van der Waals surface area contributed by atoms with Crippen molar-refractivity contribution >= 4 is 42.1 Å². The Kier molecular flexibility index (Phi) is 2.61. The molecular weight excluding hydrogens is 190 g/mol. The van der Waals surface area contributed by atoms with Crippen LogP contribution in [0.25, 0.3) is 0 Å². The van der Waals surface area contributed by atoms with Gasteiger partial charge < -0.3 is 0 Å². The fraction of sp³-hybridized carbons (Fsp3) is 0.400. The molecule has 0 aliphatic rings. The minimum Gasteiger partial charge on any atom is -0.250 e. The lowest BCUT2D eigenvalue weighted by molar-refractivity contribution is 0.979. The Morgan fingerprint density at radius 2 is 2.20 bits per heavy atom. The Hall–Kier alpha value is 0.281. The molecule has 0 amide bonds. The number of nitrogens with zero attached hydrogens (tertiary/aromatic N) is 1. The number of hydrogen-bond donors (Lipinski definition) is 0. The molecule has 0 fully saturated rings. The summed E-state index contributed by atoms with van der Waals surface area (Å²) in [7, 11) is 4.09. The summed E-state index contributed by atoms with van der Waals surface area (Å²) in [6, 6.07) is 0. The monoisotopic (exact) mass is 203 g/mol. The molecule has 1 heterocycles. The second-order valence-electron chi connectivity index (χ2n) is 3.66. The highest BCUT2D eigenvalue weighted by atomic mass is 32.1. The fourth-order valence-electron chi connectivity index (χ4n) is 0.794. The number of thiazole rings is 1. The van der Waals surface area contributed by atoms with Crippen LogP contribution in [0.15, 0.2) is 11.6 Å². The van der Waals surface area contributed by atoms with E-state index in [9.17, 15) is 0 Å². The van der Waals surface area contributed by atoms with Gasteiger partial charge in [0.2, 0.25) is 0 Å². The maximum absolute atomic E-state index is 4.29. The average Bonchev–Trinajstić information content (AvgIpc) is 2.12. The lowest BCUT2D eigenvalue weighted by atomic mass is 10.5. The number of rotatable bonds is 2. The summed E-state index contributed by atoms with van der Waals surface area (Å²) in [6.45, 7) is 0. The van der Waals surface area contributed by atoms with Gasteiger partial charge in [0, 0.05) is 42.3 Å². The van der Waals surface area contributed by atoms with Crippen molar-refractivity contribution in [3.63, 3.8) is 0 Å². The predicted octanol–water partition coefficient (Wildman–Crippen LogP) is -2.14. The minimum atomic E-state index is 0.790. The first-order chi connectivity index (χ1) is 4.58. The first-order valence-corrected chi connectivity index (χ1v) is 7.34. The maximum Gasteiger partial charge on any atom is 0.0920 e. The molecule has 1 rings (SSSR count). The van der Waals surface area contributed by atoms with E-state index in [1.165, 1.54) is 42.2 Å². The summed E-state index contributed by atoms with van der Waals surface area (Å²) in [5.74, 6) is 0. The summed E-state index contributed by atoms with van der Waals surface area (Å²) in [4.78, 5) is 4.29. The van der Waals surface area contributed by atoms with Crippen LogP contribution in [0.2, 0.25) is 4.28 Å². The molecule has 0 radical (unpaired) electrons. The van der Waals surface area contributed by atoms with Crippen molar-refractivity contribution in [1.29, 1.82) is 0 Å². The van der Waals surface area contributed by atoms with E-state index in [1.54, 1.807) is 11.3 Å². The lowest BCUT2D eigenvalue weighted by Gasteiger charge is -2.14. The summed E-state index contributed by atoms with van der Waals surface area (Å²) >= 11 is 1.81. The minimum absolute atomic E-state index is 0.790. The Balaban J connectivity index is 2.57. The van der Waals surface area contributed by atoms with Crippen LogP contribution in [0.3, 0.4) is 0 Å². The molecule has 0 saturated heterocycles. The maximum atomic E-state index is 4.29. The van der Waals surface area contributed by atoms with Gasteiger partial charge in [-0.1, -0.05) is 4.28 Å². The zero-order valence-corrected chi connectivity index (χ0v) is 13.5. The van der Waals surface area contributed by atoms with Crippen LogP contribution in [0.4, 0.5) is 0 Å². The van der Waals surface area contributed by atoms with Crippen molar-refractivity contribution in [2.45, 2.75) is 10.7 Å². The smallest absolute Gasteiger partial charge is 0.0920 e. The second-order valence-corrected chi connectivity index (χ2v) is 18.8. The first kappa shape index (κ1) is 8.38. The second kappa shape index (κ2) is 3.12. The zero-order chi connectivity index (χ0) is 7.61. The van der Waals surface area contributed by atoms with Gasteiger partial charge in [0.1, 0.15) is 0 Å². The van der Waals surface area contributed by atoms with Crippen molar-refractivity contribution in [2.75, 3.05) is 0 Å². The molecule has 10 heavy (non-hydrogen) atoms. The molecular formula is C5H13NSSi3. The third-order valence-electron chi connectivity index (χ3n) is 1.17.